The second kappa shape index (κ2) is 5.46. The first kappa shape index (κ1) is 13.0. The monoisotopic (exact) mass is 262 g/mol. The fourth-order valence-electron chi connectivity index (χ4n) is 1.97. The first-order valence-corrected chi connectivity index (χ1v) is 6.36. The van der Waals surface area contributed by atoms with Crippen LogP contribution in [0.2, 0.25) is 0 Å². The van der Waals surface area contributed by atoms with Crippen molar-refractivity contribution in [3.8, 4) is 0 Å². The van der Waals surface area contributed by atoms with E-state index in [0.29, 0.717) is 11.4 Å². The number of para-hydroxylation sites is 2. The molecule has 0 spiro atoms. The minimum atomic E-state index is 0.483. The molecule has 1 aromatic carbocycles. The minimum absolute atomic E-state index is 0.483. The largest absolute Gasteiger partial charge is 0.393 e. The molecule has 0 aliphatic carbocycles. The summed E-state index contributed by atoms with van der Waals surface area (Å²) in [6.07, 6.45) is 0.553. The standard InChI is InChI=1S/C13H18N4S/c1-16(2)7-8-17-11-6-4-3-5-10(11)15-13(17)9-12(14)18/h3-6H,7-9H2,1-2H3,(H2,14,18). The Morgan fingerprint density at radius 3 is 2.78 bits per heavy atom. The average molecular weight is 262 g/mol. The Balaban J connectivity index is 2.40. The molecule has 2 rings (SSSR count). The first-order chi connectivity index (χ1) is 8.58. The molecule has 1 aromatic heterocycles. The second-order valence-electron chi connectivity index (χ2n) is 4.61. The molecule has 4 nitrogen and oxygen atoms in total. The lowest BCUT2D eigenvalue weighted by atomic mass is 10.3. The van der Waals surface area contributed by atoms with Gasteiger partial charge in [-0.3, -0.25) is 0 Å². The Bertz CT molecular complexity index is 559. The summed E-state index contributed by atoms with van der Waals surface area (Å²) in [4.78, 5) is 7.24. The van der Waals surface area contributed by atoms with Crippen molar-refractivity contribution in [2.24, 2.45) is 5.73 Å². The van der Waals surface area contributed by atoms with Crippen LogP contribution in [0.15, 0.2) is 24.3 Å². The van der Waals surface area contributed by atoms with E-state index in [1.807, 2.05) is 18.2 Å². The Hall–Kier alpha value is -1.46. The zero-order valence-corrected chi connectivity index (χ0v) is 11.6. The highest BCUT2D eigenvalue weighted by Crippen LogP contribution is 2.16. The van der Waals surface area contributed by atoms with E-state index >= 15 is 0 Å². The number of likely N-dealkylation sites (N-methyl/N-ethyl adjacent to an activating group) is 1. The molecule has 0 fully saturated rings. The van der Waals surface area contributed by atoms with Gasteiger partial charge in [0.15, 0.2) is 0 Å². The highest BCUT2D eigenvalue weighted by Gasteiger charge is 2.10. The molecule has 5 heteroatoms. The summed E-state index contributed by atoms with van der Waals surface area (Å²) in [6, 6.07) is 8.13. The topological polar surface area (TPSA) is 47.1 Å². The molecule has 96 valence electrons. The molecular weight excluding hydrogens is 244 g/mol. The van der Waals surface area contributed by atoms with E-state index < -0.39 is 0 Å². The summed E-state index contributed by atoms with van der Waals surface area (Å²) in [7, 11) is 4.12. The van der Waals surface area contributed by atoms with Crippen molar-refractivity contribution in [2.75, 3.05) is 20.6 Å². The molecule has 1 heterocycles. The smallest absolute Gasteiger partial charge is 0.116 e. The van der Waals surface area contributed by atoms with Gasteiger partial charge in [-0.1, -0.05) is 24.4 Å². The number of hydrogen-bond donors (Lipinski definition) is 1. The second-order valence-corrected chi connectivity index (χ2v) is 5.14. The molecular formula is C13H18N4S. The lowest BCUT2D eigenvalue weighted by molar-refractivity contribution is 0.384. The first-order valence-electron chi connectivity index (χ1n) is 5.95. The van der Waals surface area contributed by atoms with Gasteiger partial charge in [0.05, 0.1) is 22.4 Å². The predicted octanol–water partition coefficient (Wildman–Crippen LogP) is 1.43. The van der Waals surface area contributed by atoms with Gasteiger partial charge in [0.2, 0.25) is 0 Å². The van der Waals surface area contributed by atoms with E-state index in [1.54, 1.807) is 0 Å². The van der Waals surface area contributed by atoms with Crippen LogP contribution in [0.1, 0.15) is 5.82 Å². The predicted molar refractivity (Wildman–Crippen MR) is 78.8 cm³/mol. The van der Waals surface area contributed by atoms with Crippen molar-refractivity contribution < 1.29 is 0 Å². The average Bonchev–Trinajstić information content (AvgIpc) is 2.62. The van der Waals surface area contributed by atoms with E-state index in [9.17, 15) is 0 Å². The van der Waals surface area contributed by atoms with Gasteiger partial charge in [0.25, 0.3) is 0 Å². The summed E-state index contributed by atoms with van der Waals surface area (Å²) < 4.78 is 2.20. The Labute approximate surface area is 112 Å². The van der Waals surface area contributed by atoms with Crippen LogP contribution >= 0.6 is 12.2 Å². The summed E-state index contributed by atoms with van der Waals surface area (Å²) in [5, 5.41) is 0. The maximum Gasteiger partial charge on any atom is 0.116 e. The number of benzene rings is 1. The molecule has 18 heavy (non-hydrogen) atoms. The van der Waals surface area contributed by atoms with Gasteiger partial charge < -0.3 is 15.2 Å². The molecule has 0 saturated heterocycles. The minimum Gasteiger partial charge on any atom is -0.393 e. The van der Waals surface area contributed by atoms with Crippen LogP contribution in [0.4, 0.5) is 0 Å². The van der Waals surface area contributed by atoms with Gasteiger partial charge in [0.1, 0.15) is 5.82 Å². The normalized spacial score (nSPS) is 11.3. The van der Waals surface area contributed by atoms with Crippen molar-refractivity contribution in [3.63, 3.8) is 0 Å². The van der Waals surface area contributed by atoms with Crippen molar-refractivity contribution in [2.45, 2.75) is 13.0 Å². The number of fused-ring (bicyclic) bond motifs is 1. The third-order valence-corrected chi connectivity index (χ3v) is 2.98. The SMILES string of the molecule is CN(C)CCn1c(CC(N)=S)nc2ccccc21. The third kappa shape index (κ3) is 2.86. The van der Waals surface area contributed by atoms with Crippen molar-refractivity contribution in [1.82, 2.24) is 14.5 Å². The number of thiocarbonyl (C=S) groups is 1. The van der Waals surface area contributed by atoms with Crippen LogP contribution < -0.4 is 5.73 Å². The Morgan fingerprint density at radius 2 is 2.11 bits per heavy atom. The Morgan fingerprint density at radius 1 is 1.39 bits per heavy atom. The van der Waals surface area contributed by atoms with Crippen LogP contribution in [0.25, 0.3) is 11.0 Å². The fraction of sp³-hybridized carbons (Fsp3) is 0.385. The number of hydrogen-bond acceptors (Lipinski definition) is 3. The Kier molecular flexibility index (Phi) is 3.93. The van der Waals surface area contributed by atoms with Crippen molar-refractivity contribution in [1.29, 1.82) is 0 Å². The summed E-state index contributed by atoms with van der Waals surface area (Å²) in [5.74, 6) is 0.950. The van der Waals surface area contributed by atoms with E-state index in [4.69, 9.17) is 18.0 Å². The van der Waals surface area contributed by atoms with Gasteiger partial charge in [-0.15, -0.1) is 0 Å². The van der Waals surface area contributed by atoms with Crippen molar-refractivity contribution in [3.05, 3.63) is 30.1 Å². The molecule has 0 radical (unpaired) electrons. The summed E-state index contributed by atoms with van der Waals surface area (Å²) in [5.41, 5.74) is 7.79. The van der Waals surface area contributed by atoms with Crippen LogP contribution in [0, 0.1) is 0 Å². The summed E-state index contributed by atoms with van der Waals surface area (Å²) in [6.45, 7) is 1.86. The molecule has 2 N–H and O–H groups in total. The van der Waals surface area contributed by atoms with Crippen LogP contribution in [0.5, 0.6) is 0 Å². The molecule has 0 saturated carbocycles. The van der Waals surface area contributed by atoms with E-state index in [-0.39, 0.29) is 0 Å². The van der Waals surface area contributed by atoms with E-state index in [0.717, 1.165) is 29.9 Å². The molecule has 2 aromatic rings. The third-order valence-electron chi connectivity index (χ3n) is 2.84. The van der Waals surface area contributed by atoms with E-state index in [1.165, 1.54) is 0 Å². The number of nitrogens with two attached hydrogens (primary N) is 1. The lowest BCUT2D eigenvalue weighted by Crippen LogP contribution is -2.21. The molecule has 0 aliphatic rings. The van der Waals surface area contributed by atoms with Crippen molar-refractivity contribution >= 4 is 28.2 Å². The maximum atomic E-state index is 5.64. The van der Waals surface area contributed by atoms with E-state index in [2.05, 4.69) is 34.6 Å². The van der Waals surface area contributed by atoms with Gasteiger partial charge in [0, 0.05) is 13.1 Å². The van der Waals surface area contributed by atoms with Gasteiger partial charge >= 0.3 is 0 Å². The zero-order valence-electron chi connectivity index (χ0n) is 10.8. The van der Waals surface area contributed by atoms with Gasteiger partial charge in [-0.2, -0.15) is 0 Å². The quantitative estimate of drug-likeness (QED) is 0.828. The van der Waals surface area contributed by atoms with Crippen LogP contribution in [0.3, 0.4) is 0 Å². The number of nitrogens with zero attached hydrogens (tertiary/aromatic N) is 3. The summed E-state index contributed by atoms with van der Waals surface area (Å²) >= 11 is 4.99. The fourth-order valence-corrected chi connectivity index (χ4v) is 2.09. The molecule has 0 amide bonds. The molecule has 0 atom stereocenters. The lowest BCUT2D eigenvalue weighted by Gasteiger charge is -2.13. The number of aromatic nitrogens is 2. The molecule has 0 bridgehead atoms. The van der Waals surface area contributed by atoms with Gasteiger partial charge in [-0.05, 0) is 26.2 Å². The zero-order chi connectivity index (χ0) is 13.1. The maximum absolute atomic E-state index is 5.64. The number of rotatable bonds is 5. The molecule has 0 unspecified atom stereocenters. The number of imidazole rings is 1. The van der Waals surface area contributed by atoms with Gasteiger partial charge in [-0.25, -0.2) is 4.98 Å². The highest BCUT2D eigenvalue weighted by atomic mass is 32.1. The highest BCUT2D eigenvalue weighted by molar-refractivity contribution is 7.80. The van der Waals surface area contributed by atoms with Crippen LogP contribution in [-0.2, 0) is 13.0 Å². The molecule has 0 aliphatic heterocycles. The van der Waals surface area contributed by atoms with Crippen LogP contribution in [-0.4, -0.2) is 40.1 Å².